The van der Waals surface area contributed by atoms with E-state index in [9.17, 15) is 5.11 Å². The Bertz CT molecular complexity index is 638. The van der Waals surface area contributed by atoms with Gasteiger partial charge in [-0.05, 0) is 38.5 Å². The normalized spacial score (nSPS) is 11.0. The predicted octanol–water partition coefficient (Wildman–Crippen LogP) is 3.34. The summed E-state index contributed by atoms with van der Waals surface area (Å²) < 4.78 is 0. The van der Waals surface area contributed by atoms with Crippen molar-refractivity contribution in [2.75, 3.05) is 6.54 Å². The third kappa shape index (κ3) is 6.34. The molecule has 2 rings (SSSR count). The Kier molecular flexibility index (Phi) is 8.32. The Morgan fingerprint density at radius 1 is 1.30 bits per heavy atom. The maximum Gasteiger partial charge on any atom is 0.191 e. The second-order valence-electron chi connectivity index (χ2n) is 4.97. The number of thiazole rings is 1. The van der Waals surface area contributed by atoms with Gasteiger partial charge < -0.3 is 15.7 Å². The molecule has 1 aromatic heterocycles. The summed E-state index contributed by atoms with van der Waals surface area (Å²) in [5.74, 6) is 1.01. The van der Waals surface area contributed by atoms with Crippen molar-refractivity contribution in [3.8, 4) is 5.75 Å². The average Bonchev–Trinajstić information content (AvgIpc) is 2.81. The van der Waals surface area contributed by atoms with Crippen LogP contribution in [0.15, 0.2) is 29.3 Å². The van der Waals surface area contributed by atoms with Crippen LogP contribution in [0.5, 0.6) is 5.75 Å². The van der Waals surface area contributed by atoms with E-state index in [1.807, 2.05) is 26.0 Å². The number of hydrogen-bond donors (Lipinski definition) is 3. The number of hydrogen-bond acceptors (Lipinski definition) is 4. The molecule has 0 saturated heterocycles. The highest BCUT2D eigenvalue weighted by Gasteiger charge is 2.04. The SMILES string of the molecule is CCNC(=NCc1cccc(O)c1)NCc1nc(C)c(C)s1.I. The average molecular weight is 446 g/mol. The molecule has 126 valence electrons. The van der Waals surface area contributed by atoms with Gasteiger partial charge in [-0.3, -0.25) is 0 Å². The Hall–Kier alpha value is -1.35. The van der Waals surface area contributed by atoms with E-state index in [1.54, 1.807) is 23.5 Å². The van der Waals surface area contributed by atoms with Gasteiger partial charge in [-0.1, -0.05) is 12.1 Å². The van der Waals surface area contributed by atoms with Crippen LogP contribution < -0.4 is 10.6 Å². The van der Waals surface area contributed by atoms with Gasteiger partial charge >= 0.3 is 0 Å². The van der Waals surface area contributed by atoms with Gasteiger partial charge in [0.1, 0.15) is 10.8 Å². The fourth-order valence-electron chi connectivity index (χ4n) is 1.94. The third-order valence-corrected chi connectivity index (χ3v) is 4.23. The minimum atomic E-state index is 0. The summed E-state index contributed by atoms with van der Waals surface area (Å²) >= 11 is 1.70. The zero-order valence-corrected chi connectivity index (χ0v) is 16.7. The van der Waals surface area contributed by atoms with Crippen LogP contribution in [0.4, 0.5) is 0 Å². The number of halogens is 1. The number of aryl methyl sites for hydroxylation is 2. The van der Waals surface area contributed by atoms with Gasteiger partial charge in [0.25, 0.3) is 0 Å². The molecule has 0 atom stereocenters. The van der Waals surface area contributed by atoms with Crippen LogP contribution >= 0.6 is 35.3 Å². The topological polar surface area (TPSA) is 69.5 Å². The molecule has 0 aliphatic rings. The number of aromatic hydroxyl groups is 1. The lowest BCUT2D eigenvalue weighted by molar-refractivity contribution is 0.474. The van der Waals surface area contributed by atoms with Crippen molar-refractivity contribution < 1.29 is 5.11 Å². The zero-order chi connectivity index (χ0) is 15.9. The molecule has 23 heavy (non-hydrogen) atoms. The van der Waals surface area contributed by atoms with E-state index in [0.717, 1.165) is 28.8 Å². The summed E-state index contributed by atoms with van der Waals surface area (Å²) in [6, 6.07) is 7.15. The second-order valence-corrected chi connectivity index (χ2v) is 6.26. The van der Waals surface area contributed by atoms with Gasteiger partial charge in [-0.2, -0.15) is 0 Å². The minimum Gasteiger partial charge on any atom is -0.508 e. The van der Waals surface area contributed by atoms with E-state index in [1.165, 1.54) is 4.88 Å². The fourth-order valence-corrected chi connectivity index (χ4v) is 2.81. The van der Waals surface area contributed by atoms with Gasteiger partial charge in [0.15, 0.2) is 5.96 Å². The molecule has 0 amide bonds. The van der Waals surface area contributed by atoms with E-state index < -0.39 is 0 Å². The Morgan fingerprint density at radius 3 is 2.70 bits per heavy atom. The van der Waals surface area contributed by atoms with E-state index in [0.29, 0.717) is 13.1 Å². The molecule has 0 fully saturated rings. The lowest BCUT2D eigenvalue weighted by atomic mass is 10.2. The second kappa shape index (κ2) is 9.71. The van der Waals surface area contributed by atoms with Crippen LogP contribution in [-0.2, 0) is 13.1 Å². The molecule has 1 aromatic carbocycles. The molecule has 7 heteroatoms. The van der Waals surface area contributed by atoms with E-state index in [-0.39, 0.29) is 29.7 Å². The predicted molar refractivity (Wildman–Crippen MR) is 107 cm³/mol. The molecule has 1 heterocycles. The number of aromatic nitrogens is 1. The first kappa shape index (κ1) is 19.7. The molecule has 0 radical (unpaired) electrons. The quantitative estimate of drug-likeness (QED) is 0.375. The molecule has 0 bridgehead atoms. The monoisotopic (exact) mass is 446 g/mol. The first-order valence-corrected chi connectivity index (χ1v) is 8.13. The summed E-state index contributed by atoms with van der Waals surface area (Å²) in [4.78, 5) is 10.3. The first-order chi connectivity index (χ1) is 10.6. The molecule has 0 saturated carbocycles. The number of phenols is 1. The summed E-state index contributed by atoms with van der Waals surface area (Å²) in [5.41, 5.74) is 2.06. The highest BCUT2D eigenvalue weighted by Crippen LogP contribution is 2.16. The van der Waals surface area contributed by atoms with Gasteiger partial charge in [0, 0.05) is 11.4 Å². The number of guanidine groups is 1. The van der Waals surface area contributed by atoms with Crippen molar-refractivity contribution in [2.45, 2.75) is 33.9 Å². The highest BCUT2D eigenvalue weighted by molar-refractivity contribution is 14.0. The van der Waals surface area contributed by atoms with Crippen molar-refractivity contribution in [1.29, 1.82) is 0 Å². The minimum absolute atomic E-state index is 0. The number of benzene rings is 1. The summed E-state index contributed by atoms with van der Waals surface area (Å²) in [6.07, 6.45) is 0. The Labute approximate surface area is 158 Å². The van der Waals surface area contributed by atoms with Gasteiger partial charge in [0.2, 0.25) is 0 Å². The maximum absolute atomic E-state index is 9.48. The largest absolute Gasteiger partial charge is 0.508 e. The maximum atomic E-state index is 9.48. The van der Waals surface area contributed by atoms with E-state index in [4.69, 9.17) is 0 Å². The molecule has 0 aliphatic heterocycles. The lowest BCUT2D eigenvalue weighted by Crippen LogP contribution is -2.36. The van der Waals surface area contributed by atoms with Gasteiger partial charge in [0.05, 0.1) is 18.8 Å². The zero-order valence-electron chi connectivity index (χ0n) is 13.6. The molecule has 0 spiro atoms. The standard InChI is InChI=1S/C16H22N4OS.HI/c1-4-17-16(18-9-13-6-5-7-14(21)8-13)19-10-15-20-11(2)12(3)22-15;/h5-8,21H,4,9-10H2,1-3H3,(H2,17,18,19);1H. The molecular weight excluding hydrogens is 423 g/mol. The lowest BCUT2D eigenvalue weighted by Gasteiger charge is -2.10. The van der Waals surface area contributed by atoms with Crippen LogP contribution in [0.2, 0.25) is 0 Å². The summed E-state index contributed by atoms with van der Waals surface area (Å²) in [5, 5.41) is 17.0. The molecule has 0 aliphatic carbocycles. The van der Waals surface area contributed by atoms with E-state index in [2.05, 4.69) is 27.5 Å². The number of nitrogens with zero attached hydrogens (tertiary/aromatic N) is 2. The first-order valence-electron chi connectivity index (χ1n) is 7.31. The van der Waals surface area contributed by atoms with Crippen LogP contribution in [0.3, 0.4) is 0 Å². The van der Waals surface area contributed by atoms with Crippen molar-refractivity contribution in [1.82, 2.24) is 15.6 Å². The van der Waals surface area contributed by atoms with Gasteiger partial charge in [-0.15, -0.1) is 35.3 Å². The Morgan fingerprint density at radius 2 is 2.09 bits per heavy atom. The van der Waals surface area contributed by atoms with Crippen molar-refractivity contribution in [3.05, 3.63) is 45.4 Å². The Balaban J connectivity index is 0.00000264. The fraction of sp³-hybridized carbons (Fsp3) is 0.375. The van der Waals surface area contributed by atoms with Gasteiger partial charge in [-0.25, -0.2) is 9.98 Å². The molecule has 0 unspecified atom stereocenters. The molecule has 3 N–H and O–H groups in total. The number of phenolic OH excluding ortho intramolecular Hbond substituents is 1. The number of nitrogens with one attached hydrogen (secondary N) is 2. The van der Waals surface area contributed by atoms with E-state index >= 15 is 0 Å². The van der Waals surface area contributed by atoms with Crippen LogP contribution in [0, 0.1) is 13.8 Å². The number of aliphatic imine (C=N–C) groups is 1. The highest BCUT2D eigenvalue weighted by atomic mass is 127. The summed E-state index contributed by atoms with van der Waals surface area (Å²) in [7, 11) is 0. The van der Waals surface area contributed by atoms with Crippen LogP contribution in [0.25, 0.3) is 0 Å². The molecule has 5 nitrogen and oxygen atoms in total. The van der Waals surface area contributed by atoms with Crippen LogP contribution in [0.1, 0.15) is 28.1 Å². The van der Waals surface area contributed by atoms with Crippen molar-refractivity contribution in [2.24, 2.45) is 4.99 Å². The molecular formula is C16H23IN4OS. The molecule has 2 aromatic rings. The smallest absolute Gasteiger partial charge is 0.191 e. The van der Waals surface area contributed by atoms with Crippen molar-refractivity contribution >= 4 is 41.3 Å². The van der Waals surface area contributed by atoms with Crippen LogP contribution in [-0.4, -0.2) is 22.6 Å². The third-order valence-electron chi connectivity index (χ3n) is 3.15. The van der Waals surface area contributed by atoms with Crippen molar-refractivity contribution in [3.63, 3.8) is 0 Å². The number of rotatable bonds is 5. The summed E-state index contributed by atoms with van der Waals surface area (Å²) in [6.45, 7) is 8.10.